The molecule has 0 aliphatic carbocycles. The first kappa shape index (κ1) is 23.3. The molecule has 0 aliphatic rings. The molecule has 2 aromatic rings. The van der Waals surface area contributed by atoms with Gasteiger partial charge in [0.15, 0.2) is 0 Å². The van der Waals surface area contributed by atoms with E-state index in [1.807, 2.05) is 13.8 Å². The molecule has 1 aromatic heterocycles. The Bertz CT molecular complexity index is 836. The molecule has 0 spiro atoms. The van der Waals surface area contributed by atoms with Crippen LogP contribution >= 0.6 is 23.2 Å². The minimum atomic E-state index is -1.16. The van der Waals surface area contributed by atoms with Gasteiger partial charge in [-0.25, -0.2) is 4.79 Å². The highest BCUT2D eigenvalue weighted by atomic mass is 35.5. The molecule has 2 unspecified atom stereocenters. The van der Waals surface area contributed by atoms with Crippen molar-refractivity contribution in [1.29, 1.82) is 0 Å². The molecule has 0 bridgehead atoms. The van der Waals surface area contributed by atoms with Crippen LogP contribution in [0.25, 0.3) is 0 Å². The Kier molecular flexibility index (Phi) is 7.74. The maximum absolute atomic E-state index is 12.4. The molecule has 0 aliphatic heterocycles. The minimum Gasteiger partial charge on any atom is -0.489 e. The van der Waals surface area contributed by atoms with E-state index < -0.39 is 23.8 Å². The van der Waals surface area contributed by atoms with E-state index in [2.05, 4.69) is 10.3 Å². The number of nitrogens with zero attached hydrogens (tertiary/aromatic N) is 1. The molecule has 2 N–H and O–H groups in total. The molecule has 29 heavy (non-hydrogen) atoms. The predicted octanol–water partition coefficient (Wildman–Crippen LogP) is 5.48. The van der Waals surface area contributed by atoms with Gasteiger partial charge in [-0.15, -0.1) is 0 Å². The third-order valence-corrected chi connectivity index (χ3v) is 4.46. The molecule has 0 saturated heterocycles. The quantitative estimate of drug-likeness (QED) is 0.621. The number of amides is 1. The van der Waals surface area contributed by atoms with Crippen LogP contribution in [-0.2, 0) is 4.74 Å². The standard InChI is InChI=1S/C21H26Cl2N2O4/c1-12(2)28-14-7-9-17(24-11-14)19(26)18(25-20(27)29-21(3,4)5)13-6-8-15(22)16(23)10-13/h6-12,18-19,26H,1-5H3,(H,25,27). The lowest BCUT2D eigenvalue weighted by molar-refractivity contribution is 0.0415. The SMILES string of the molecule is CC(C)Oc1ccc(C(O)C(NC(=O)OC(C)(C)C)c2ccc(Cl)c(Cl)c2)nc1. The van der Waals surface area contributed by atoms with Crippen LogP contribution in [0.2, 0.25) is 10.0 Å². The normalized spacial score (nSPS) is 13.7. The number of pyridine rings is 1. The summed E-state index contributed by atoms with van der Waals surface area (Å²) in [5.41, 5.74) is 0.223. The molecular weight excluding hydrogens is 415 g/mol. The zero-order valence-corrected chi connectivity index (χ0v) is 18.6. The molecule has 0 radical (unpaired) electrons. The van der Waals surface area contributed by atoms with Crippen LogP contribution in [0.15, 0.2) is 36.5 Å². The second-order valence-corrected chi connectivity index (χ2v) is 8.64. The average Bonchev–Trinajstić information content (AvgIpc) is 2.60. The van der Waals surface area contributed by atoms with Gasteiger partial charge in [0.2, 0.25) is 0 Å². The highest BCUT2D eigenvalue weighted by molar-refractivity contribution is 6.42. The van der Waals surface area contributed by atoms with Gasteiger partial charge in [-0.3, -0.25) is 4.98 Å². The van der Waals surface area contributed by atoms with E-state index in [4.69, 9.17) is 32.7 Å². The van der Waals surface area contributed by atoms with Crippen molar-refractivity contribution in [3.05, 3.63) is 57.8 Å². The summed E-state index contributed by atoms with van der Waals surface area (Å²) in [6.45, 7) is 9.09. The first-order chi connectivity index (χ1) is 13.5. The Hall–Kier alpha value is -2.02. The number of nitrogens with one attached hydrogen (secondary N) is 1. The summed E-state index contributed by atoms with van der Waals surface area (Å²) in [4.78, 5) is 16.6. The molecule has 158 valence electrons. The largest absolute Gasteiger partial charge is 0.489 e. The Balaban J connectivity index is 2.32. The number of halogens is 2. The third kappa shape index (κ3) is 7.07. The molecule has 0 saturated carbocycles. The van der Waals surface area contributed by atoms with Crippen LogP contribution in [0.5, 0.6) is 5.75 Å². The highest BCUT2D eigenvalue weighted by Gasteiger charge is 2.28. The van der Waals surface area contributed by atoms with Crippen molar-refractivity contribution < 1.29 is 19.4 Å². The number of aliphatic hydroxyl groups is 1. The van der Waals surface area contributed by atoms with Crippen molar-refractivity contribution in [1.82, 2.24) is 10.3 Å². The van der Waals surface area contributed by atoms with E-state index in [0.29, 0.717) is 27.1 Å². The van der Waals surface area contributed by atoms with Gasteiger partial charge in [-0.2, -0.15) is 0 Å². The Morgan fingerprint density at radius 2 is 1.83 bits per heavy atom. The van der Waals surface area contributed by atoms with Gasteiger partial charge in [-0.05, 0) is 64.4 Å². The monoisotopic (exact) mass is 440 g/mol. The van der Waals surface area contributed by atoms with Crippen molar-refractivity contribution >= 4 is 29.3 Å². The van der Waals surface area contributed by atoms with Crippen LogP contribution in [0.4, 0.5) is 4.79 Å². The number of rotatable bonds is 6. The number of aromatic nitrogens is 1. The predicted molar refractivity (Wildman–Crippen MR) is 114 cm³/mol. The number of carbonyl (C=O) groups is 1. The number of benzene rings is 1. The van der Waals surface area contributed by atoms with Crippen molar-refractivity contribution in [3.63, 3.8) is 0 Å². The summed E-state index contributed by atoms with van der Waals surface area (Å²) in [6.07, 6.45) is -0.302. The van der Waals surface area contributed by atoms with Crippen LogP contribution in [0.1, 0.15) is 58.0 Å². The lowest BCUT2D eigenvalue weighted by atomic mass is 9.99. The zero-order chi connectivity index (χ0) is 21.8. The van der Waals surface area contributed by atoms with E-state index in [-0.39, 0.29) is 6.10 Å². The maximum Gasteiger partial charge on any atom is 0.408 e. The van der Waals surface area contributed by atoms with E-state index in [1.165, 1.54) is 6.20 Å². The summed E-state index contributed by atoms with van der Waals surface area (Å²) in [5, 5.41) is 14.3. The first-order valence-corrected chi connectivity index (χ1v) is 9.97. The number of hydrogen-bond acceptors (Lipinski definition) is 5. The molecule has 0 fully saturated rings. The number of ether oxygens (including phenoxy) is 2. The fourth-order valence-corrected chi connectivity index (χ4v) is 2.87. The van der Waals surface area contributed by atoms with Crippen LogP contribution < -0.4 is 10.1 Å². The molecular formula is C21H26Cl2N2O4. The fraction of sp³-hybridized carbons (Fsp3) is 0.429. The molecule has 1 aromatic carbocycles. The van der Waals surface area contributed by atoms with Gasteiger partial charge in [0, 0.05) is 0 Å². The minimum absolute atomic E-state index is 0.00497. The maximum atomic E-state index is 12.4. The summed E-state index contributed by atoms with van der Waals surface area (Å²) < 4.78 is 10.9. The molecule has 1 amide bonds. The number of aliphatic hydroxyl groups excluding tert-OH is 1. The third-order valence-electron chi connectivity index (χ3n) is 3.72. The van der Waals surface area contributed by atoms with Gasteiger partial charge < -0.3 is 19.9 Å². The molecule has 8 heteroatoms. The summed E-state index contributed by atoms with van der Waals surface area (Å²) in [5.74, 6) is 0.585. The lowest BCUT2D eigenvalue weighted by Crippen LogP contribution is -2.37. The zero-order valence-electron chi connectivity index (χ0n) is 17.1. The van der Waals surface area contributed by atoms with Crippen LogP contribution in [0.3, 0.4) is 0 Å². The lowest BCUT2D eigenvalue weighted by Gasteiger charge is -2.27. The van der Waals surface area contributed by atoms with E-state index in [0.717, 1.165) is 0 Å². The number of alkyl carbamates (subject to hydrolysis) is 1. The molecule has 2 rings (SSSR count). The van der Waals surface area contributed by atoms with Gasteiger partial charge >= 0.3 is 6.09 Å². The van der Waals surface area contributed by atoms with Crippen molar-refractivity contribution in [2.45, 2.75) is 58.5 Å². The molecule has 2 atom stereocenters. The van der Waals surface area contributed by atoms with Gasteiger partial charge in [0.25, 0.3) is 0 Å². The molecule has 1 heterocycles. The smallest absolute Gasteiger partial charge is 0.408 e. The second kappa shape index (κ2) is 9.65. The fourth-order valence-electron chi connectivity index (χ4n) is 2.56. The highest BCUT2D eigenvalue weighted by Crippen LogP contribution is 2.32. The second-order valence-electron chi connectivity index (χ2n) is 7.83. The van der Waals surface area contributed by atoms with Gasteiger partial charge in [0.1, 0.15) is 17.5 Å². The van der Waals surface area contributed by atoms with Crippen molar-refractivity contribution in [2.24, 2.45) is 0 Å². The van der Waals surface area contributed by atoms with Gasteiger partial charge in [-0.1, -0.05) is 29.3 Å². The van der Waals surface area contributed by atoms with Crippen molar-refractivity contribution in [2.75, 3.05) is 0 Å². The number of carbonyl (C=O) groups excluding carboxylic acids is 1. The van der Waals surface area contributed by atoms with Crippen LogP contribution in [0, 0.1) is 0 Å². The van der Waals surface area contributed by atoms with Crippen molar-refractivity contribution in [3.8, 4) is 5.75 Å². The van der Waals surface area contributed by atoms with E-state index in [9.17, 15) is 9.90 Å². The first-order valence-electron chi connectivity index (χ1n) is 9.21. The Morgan fingerprint density at radius 1 is 1.14 bits per heavy atom. The molecule has 6 nitrogen and oxygen atoms in total. The van der Waals surface area contributed by atoms with E-state index in [1.54, 1.807) is 51.1 Å². The van der Waals surface area contributed by atoms with Crippen LogP contribution in [-0.4, -0.2) is 27.9 Å². The Labute approximate surface area is 181 Å². The number of hydrogen-bond donors (Lipinski definition) is 2. The topological polar surface area (TPSA) is 80.7 Å². The van der Waals surface area contributed by atoms with Gasteiger partial charge in [0.05, 0.1) is 34.1 Å². The summed E-state index contributed by atoms with van der Waals surface area (Å²) in [6, 6.07) is 7.36. The average molecular weight is 441 g/mol. The Morgan fingerprint density at radius 3 is 2.34 bits per heavy atom. The van der Waals surface area contributed by atoms with E-state index >= 15 is 0 Å². The summed E-state index contributed by atoms with van der Waals surface area (Å²) in [7, 11) is 0. The summed E-state index contributed by atoms with van der Waals surface area (Å²) >= 11 is 12.1.